The minimum Gasteiger partial charge on any atom is -0.385 e. The Kier molecular flexibility index (Phi) is 4.57. The zero-order chi connectivity index (χ0) is 15.4. The quantitative estimate of drug-likeness (QED) is 0.911. The van der Waals surface area contributed by atoms with Gasteiger partial charge in [0.2, 0.25) is 0 Å². The lowest BCUT2D eigenvalue weighted by Crippen LogP contribution is -2.27. The maximum atomic E-state index is 12.6. The Morgan fingerprint density at radius 3 is 2.81 bits per heavy atom. The van der Waals surface area contributed by atoms with E-state index in [0.29, 0.717) is 12.1 Å². The van der Waals surface area contributed by atoms with Crippen molar-refractivity contribution in [2.75, 3.05) is 18.9 Å². The normalized spacial score (nSPS) is 10.5. The Bertz CT molecular complexity index is 635. The molecule has 2 aromatic heterocycles. The fourth-order valence-corrected chi connectivity index (χ4v) is 2.17. The minimum absolute atomic E-state index is 0.0534. The van der Waals surface area contributed by atoms with Crippen molar-refractivity contribution in [2.45, 2.75) is 20.4 Å². The number of nitrogens with zero attached hydrogens (tertiary/aromatic N) is 4. The zero-order valence-electron chi connectivity index (χ0n) is 12.9. The van der Waals surface area contributed by atoms with Gasteiger partial charge in [0.05, 0.1) is 17.4 Å². The third-order valence-corrected chi connectivity index (χ3v) is 3.16. The molecule has 0 unspecified atom stereocenters. The Morgan fingerprint density at radius 2 is 2.19 bits per heavy atom. The second kappa shape index (κ2) is 6.39. The smallest absolute Gasteiger partial charge is 0.257 e. The van der Waals surface area contributed by atoms with Gasteiger partial charge in [0, 0.05) is 50.8 Å². The van der Waals surface area contributed by atoms with E-state index < -0.39 is 0 Å². The van der Waals surface area contributed by atoms with Crippen LogP contribution in [0, 0.1) is 6.92 Å². The molecule has 6 nitrogen and oxygen atoms in total. The topological polar surface area (TPSA) is 63.1 Å². The lowest BCUT2D eigenvalue weighted by atomic mass is 10.1. The van der Waals surface area contributed by atoms with Crippen LogP contribution in [0.5, 0.6) is 0 Å². The molecule has 6 heteroatoms. The van der Waals surface area contributed by atoms with Gasteiger partial charge in [0.25, 0.3) is 5.91 Å². The van der Waals surface area contributed by atoms with Gasteiger partial charge in [0.1, 0.15) is 0 Å². The van der Waals surface area contributed by atoms with Crippen molar-refractivity contribution in [3.8, 4) is 0 Å². The Morgan fingerprint density at radius 1 is 1.43 bits per heavy atom. The highest BCUT2D eigenvalue weighted by Gasteiger charge is 2.17. The lowest BCUT2D eigenvalue weighted by molar-refractivity contribution is 0.0785. The van der Waals surface area contributed by atoms with E-state index in [9.17, 15) is 4.79 Å². The van der Waals surface area contributed by atoms with E-state index in [-0.39, 0.29) is 5.91 Å². The zero-order valence-corrected chi connectivity index (χ0v) is 12.9. The molecule has 2 rings (SSSR count). The number of carbonyl (C=O) groups is 1. The number of nitrogens with one attached hydrogen (secondary N) is 1. The van der Waals surface area contributed by atoms with Crippen LogP contribution >= 0.6 is 0 Å². The highest BCUT2D eigenvalue weighted by Crippen LogP contribution is 2.18. The van der Waals surface area contributed by atoms with Crippen LogP contribution in [0.25, 0.3) is 0 Å². The number of carbonyl (C=O) groups excluding carboxylic acids is 1. The highest BCUT2D eigenvalue weighted by atomic mass is 16.2. The second-order valence-corrected chi connectivity index (χ2v) is 5.09. The summed E-state index contributed by atoms with van der Waals surface area (Å²) in [5, 5.41) is 7.33. The van der Waals surface area contributed by atoms with Crippen LogP contribution in [0.15, 0.2) is 24.7 Å². The molecule has 0 saturated heterocycles. The third kappa shape index (κ3) is 3.59. The molecule has 0 aliphatic rings. The molecule has 0 saturated carbocycles. The number of hydrogen-bond acceptors (Lipinski definition) is 4. The number of aromatic nitrogens is 3. The number of anilines is 1. The molecule has 1 amide bonds. The average molecular weight is 287 g/mol. The first-order valence-corrected chi connectivity index (χ1v) is 6.94. The molecule has 0 bridgehead atoms. The van der Waals surface area contributed by atoms with Crippen molar-refractivity contribution in [3.05, 3.63) is 41.5 Å². The SMILES string of the molecule is CCNc1cc(C)ncc1C(=O)N(C)Cc1cnn(C)c1. The average Bonchev–Trinajstić information content (AvgIpc) is 2.84. The summed E-state index contributed by atoms with van der Waals surface area (Å²) >= 11 is 0. The van der Waals surface area contributed by atoms with Gasteiger partial charge in [-0.25, -0.2) is 0 Å². The van der Waals surface area contributed by atoms with E-state index in [1.807, 2.05) is 33.2 Å². The van der Waals surface area contributed by atoms with Gasteiger partial charge in [-0.15, -0.1) is 0 Å². The van der Waals surface area contributed by atoms with Crippen molar-refractivity contribution in [1.82, 2.24) is 19.7 Å². The number of pyridine rings is 1. The molecule has 0 radical (unpaired) electrons. The molecule has 112 valence electrons. The third-order valence-electron chi connectivity index (χ3n) is 3.16. The number of rotatable bonds is 5. The van der Waals surface area contributed by atoms with Gasteiger partial charge in [-0.05, 0) is 19.9 Å². The summed E-state index contributed by atoms with van der Waals surface area (Å²) in [6.07, 6.45) is 5.31. The monoisotopic (exact) mass is 287 g/mol. The standard InChI is InChI=1S/C15H21N5O/c1-5-16-14-6-11(2)17-8-13(14)15(21)19(3)9-12-7-18-20(4)10-12/h6-8,10H,5,9H2,1-4H3,(H,16,17). The van der Waals surface area contributed by atoms with Crippen molar-refractivity contribution < 1.29 is 4.79 Å². The van der Waals surface area contributed by atoms with Crippen LogP contribution in [0.4, 0.5) is 5.69 Å². The predicted octanol–water partition coefficient (Wildman–Crippen LogP) is 1.83. The first kappa shape index (κ1) is 15.0. The molecule has 0 fully saturated rings. The number of aryl methyl sites for hydroxylation is 2. The summed E-state index contributed by atoms with van der Waals surface area (Å²) in [6.45, 7) is 5.19. The maximum absolute atomic E-state index is 12.6. The van der Waals surface area contributed by atoms with Gasteiger partial charge in [-0.1, -0.05) is 0 Å². The molecule has 0 aromatic carbocycles. The first-order chi connectivity index (χ1) is 10.0. The van der Waals surface area contributed by atoms with Gasteiger partial charge in [-0.3, -0.25) is 14.5 Å². The molecule has 1 N–H and O–H groups in total. The van der Waals surface area contributed by atoms with E-state index >= 15 is 0 Å². The van der Waals surface area contributed by atoms with Gasteiger partial charge in [0.15, 0.2) is 0 Å². The van der Waals surface area contributed by atoms with Gasteiger partial charge >= 0.3 is 0 Å². The summed E-state index contributed by atoms with van der Waals surface area (Å²) in [5.74, 6) is -0.0534. The van der Waals surface area contributed by atoms with Crippen molar-refractivity contribution >= 4 is 11.6 Å². The molecular weight excluding hydrogens is 266 g/mol. The van der Waals surface area contributed by atoms with Crippen molar-refractivity contribution in [2.24, 2.45) is 7.05 Å². The molecule has 0 spiro atoms. The fraction of sp³-hybridized carbons (Fsp3) is 0.400. The van der Waals surface area contributed by atoms with E-state index in [2.05, 4.69) is 15.4 Å². The van der Waals surface area contributed by atoms with E-state index in [1.165, 1.54) is 0 Å². The Labute approximate surface area is 124 Å². The van der Waals surface area contributed by atoms with Crippen LogP contribution in [0.2, 0.25) is 0 Å². The maximum Gasteiger partial charge on any atom is 0.257 e. The molecule has 2 aromatic rings. The molecule has 0 aliphatic carbocycles. The first-order valence-electron chi connectivity index (χ1n) is 6.94. The van der Waals surface area contributed by atoms with Crippen molar-refractivity contribution in [3.63, 3.8) is 0 Å². The van der Waals surface area contributed by atoms with Crippen LogP contribution in [0.1, 0.15) is 28.5 Å². The van der Waals surface area contributed by atoms with E-state index in [4.69, 9.17) is 0 Å². The summed E-state index contributed by atoms with van der Waals surface area (Å²) in [4.78, 5) is 18.5. The Balaban J connectivity index is 2.18. The number of amides is 1. The fourth-order valence-electron chi connectivity index (χ4n) is 2.17. The molecular formula is C15H21N5O. The minimum atomic E-state index is -0.0534. The lowest BCUT2D eigenvalue weighted by Gasteiger charge is -2.18. The van der Waals surface area contributed by atoms with Crippen LogP contribution in [0.3, 0.4) is 0 Å². The van der Waals surface area contributed by atoms with E-state index in [0.717, 1.165) is 23.5 Å². The second-order valence-electron chi connectivity index (χ2n) is 5.09. The largest absolute Gasteiger partial charge is 0.385 e. The van der Waals surface area contributed by atoms with Crippen LogP contribution in [-0.2, 0) is 13.6 Å². The molecule has 0 atom stereocenters. The predicted molar refractivity (Wildman–Crippen MR) is 82.1 cm³/mol. The summed E-state index contributed by atoms with van der Waals surface area (Å²) in [7, 11) is 3.64. The highest BCUT2D eigenvalue weighted by molar-refractivity contribution is 5.99. The number of hydrogen-bond donors (Lipinski definition) is 1. The summed E-state index contributed by atoms with van der Waals surface area (Å²) < 4.78 is 1.73. The van der Waals surface area contributed by atoms with Crippen molar-refractivity contribution in [1.29, 1.82) is 0 Å². The Hall–Kier alpha value is -2.37. The summed E-state index contributed by atoms with van der Waals surface area (Å²) in [6, 6.07) is 1.90. The van der Waals surface area contributed by atoms with E-state index in [1.54, 1.807) is 29.0 Å². The van der Waals surface area contributed by atoms with Crippen LogP contribution in [-0.4, -0.2) is 39.2 Å². The molecule has 21 heavy (non-hydrogen) atoms. The van der Waals surface area contributed by atoms with Gasteiger partial charge < -0.3 is 10.2 Å². The summed E-state index contributed by atoms with van der Waals surface area (Å²) in [5.41, 5.74) is 3.30. The molecule has 2 heterocycles. The van der Waals surface area contributed by atoms with Gasteiger partial charge in [-0.2, -0.15) is 5.10 Å². The van der Waals surface area contributed by atoms with Crippen LogP contribution < -0.4 is 5.32 Å². The molecule has 0 aliphatic heterocycles.